The summed E-state index contributed by atoms with van der Waals surface area (Å²) in [6.07, 6.45) is 0. The summed E-state index contributed by atoms with van der Waals surface area (Å²) in [6, 6.07) is 5.88. The summed E-state index contributed by atoms with van der Waals surface area (Å²) in [4.78, 5) is 0. The molecule has 0 heterocycles. The first-order chi connectivity index (χ1) is 8.21. The van der Waals surface area contributed by atoms with Crippen molar-refractivity contribution in [3.63, 3.8) is 0 Å². The van der Waals surface area contributed by atoms with Crippen LogP contribution in [0, 0.1) is 0 Å². The Labute approximate surface area is 111 Å². The van der Waals surface area contributed by atoms with Crippen LogP contribution in [0.15, 0.2) is 18.2 Å². The van der Waals surface area contributed by atoms with Crippen LogP contribution in [0.1, 0.15) is 26.3 Å². The van der Waals surface area contributed by atoms with Gasteiger partial charge in [-0.2, -0.15) is 0 Å². The molecule has 102 valence electrons. The van der Waals surface area contributed by atoms with E-state index in [1.807, 2.05) is 18.2 Å². The lowest BCUT2D eigenvalue weighted by molar-refractivity contribution is 0.405. The Bertz CT molecular complexity index is 411. The van der Waals surface area contributed by atoms with Gasteiger partial charge in [0.1, 0.15) is 11.5 Å². The molecule has 1 aromatic rings. The summed E-state index contributed by atoms with van der Waals surface area (Å²) in [5.41, 5.74) is 6.66. The van der Waals surface area contributed by atoms with Gasteiger partial charge in [-0.25, -0.2) is 0 Å². The van der Waals surface area contributed by atoms with Gasteiger partial charge in [-0.05, 0) is 24.2 Å². The SMILES string of the molecule is COc1cc(O[Si](C)(C)C(C)(C)C)ccc1CN. The zero-order valence-corrected chi connectivity index (χ0v) is 13.3. The molecule has 0 amide bonds. The van der Waals surface area contributed by atoms with Crippen LogP contribution in [0.3, 0.4) is 0 Å². The van der Waals surface area contributed by atoms with E-state index in [0.717, 1.165) is 17.1 Å². The standard InChI is InChI=1S/C14H25NO2Si/c1-14(2,3)18(5,6)17-12-8-7-11(10-15)13(9-12)16-4/h7-9H,10,15H2,1-6H3. The fraction of sp³-hybridized carbons (Fsp3) is 0.571. The summed E-state index contributed by atoms with van der Waals surface area (Å²) >= 11 is 0. The van der Waals surface area contributed by atoms with Gasteiger partial charge in [-0.3, -0.25) is 0 Å². The molecule has 0 saturated heterocycles. The van der Waals surface area contributed by atoms with E-state index in [-0.39, 0.29) is 5.04 Å². The van der Waals surface area contributed by atoms with Gasteiger partial charge in [0.2, 0.25) is 8.32 Å². The maximum Gasteiger partial charge on any atom is 0.250 e. The first kappa shape index (κ1) is 15.1. The summed E-state index contributed by atoms with van der Waals surface area (Å²) in [7, 11) is -0.138. The van der Waals surface area contributed by atoms with Crippen LogP contribution in [-0.2, 0) is 6.54 Å². The minimum atomic E-state index is -1.80. The molecule has 1 aromatic carbocycles. The third-order valence-corrected chi connectivity index (χ3v) is 8.02. The van der Waals surface area contributed by atoms with Gasteiger partial charge in [0.05, 0.1) is 7.11 Å². The summed E-state index contributed by atoms with van der Waals surface area (Å²) in [5.74, 6) is 1.67. The average molecular weight is 267 g/mol. The zero-order valence-electron chi connectivity index (χ0n) is 12.3. The highest BCUT2D eigenvalue weighted by atomic mass is 28.4. The van der Waals surface area contributed by atoms with Gasteiger partial charge in [-0.15, -0.1) is 0 Å². The third kappa shape index (κ3) is 3.27. The van der Waals surface area contributed by atoms with Crippen molar-refractivity contribution in [2.75, 3.05) is 7.11 Å². The maximum absolute atomic E-state index is 6.23. The number of hydrogen-bond acceptors (Lipinski definition) is 3. The summed E-state index contributed by atoms with van der Waals surface area (Å²) in [5, 5.41) is 0.187. The van der Waals surface area contributed by atoms with Gasteiger partial charge in [0.15, 0.2) is 0 Å². The lowest BCUT2D eigenvalue weighted by Crippen LogP contribution is -2.43. The lowest BCUT2D eigenvalue weighted by atomic mass is 10.2. The fourth-order valence-corrected chi connectivity index (χ4v) is 2.43. The second-order valence-electron chi connectivity index (χ2n) is 6.04. The number of ether oxygens (including phenoxy) is 1. The molecule has 18 heavy (non-hydrogen) atoms. The van der Waals surface area contributed by atoms with Crippen molar-refractivity contribution in [1.29, 1.82) is 0 Å². The van der Waals surface area contributed by atoms with Crippen LogP contribution >= 0.6 is 0 Å². The van der Waals surface area contributed by atoms with Crippen LogP contribution < -0.4 is 14.9 Å². The van der Waals surface area contributed by atoms with Gasteiger partial charge in [0.25, 0.3) is 0 Å². The monoisotopic (exact) mass is 267 g/mol. The zero-order chi connectivity index (χ0) is 14.0. The van der Waals surface area contributed by atoms with E-state index < -0.39 is 8.32 Å². The Morgan fingerprint density at radius 3 is 2.28 bits per heavy atom. The number of hydrogen-bond donors (Lipinski definition) is 1. The Balaban J connectivity index is 2.99. The first-order valence-corrected chi connectivity index (χ1v) is 9.18. The van der Waals surface area contributed by atoms with Crippen molar-refractivity contribution >= 4 is 8.32 Å². The topological polar surface area (TPSA) is 44.5 Å². The molecule has 0 aromatic heterocycles. The molecule has 2 N–H and O–H groups in total. The number of methoxy groups -OCH3 is 1. The summed E-state index contributed by atoms with van der Waals surface area (Å²) < 4.78 is 11.6. The van der Waals surface area contributed by atoms with Crippen molar-refractivity contribution in [3.8, 4) is 11.5 Å². The molecule has 0 aliphatic carbocycles. The molecule has 0 fully saturated rings. The van der Waals surface area contributed by atoms with E-state index in [2.05, 4.69) is 33.9 Å². The molecule has 3 nitrogen and oxygen atoms in total. The molecular formula is C14H25NO2Si. The highest BCUT2D eigenvalue weighted by molar-refractivity contribution is 6.74. The lowest BCUT2D eigenvalue weighted by Gasteiger charge is -2.36. The van der Waals surface area contributed by atoms with Crippen LogP contribution in [0.25, 0.3) is 0 Å². The Morgan fingerprint density at radius 2 is 1.83 bits per heavy atom. The predicted octanol–water partition coefficient (Wildman–Crippen LogP) is 3.54. The fourth-order valence-electron chi connectivity index (χ4n) is 1.40. The molecule has 0 bridgehead atoms. The van der Waals surface area contributed by atoms with Crippen LogP contribution in [0.2, 0.25) is 18.1 Å². The van der Waals surface area contributed by atoms with Crippen molar-refractivity contribution in [2.24, 2.45) is 5.73 Å². The quantitative estimate of drug-likeness (QED) is 0.849. The molecular weight excluding hydrogens is 242 g/mol. The van der Waals surface area contributed by atoms with E-state index in [1.165, 1.54) is 0 Å². The largest absolute Gasteiger partial charge is 0.543 e. The van der Waals surface area contributed by atoms with E-state index in [0.29, 0.717) is 6.54 Å². The number of nitrogens with two attached hydrogens (primary N) is 1. The predicted molar refractivity (Wildman–Crippen MR) is 78.7 cm³/mol. The second-order valence-corrected chi connectivity index (χ2v) is 10.8. The van der Waals surface area contributed by atoms with Crippen molar-refractivity contribution < 1.29 is 9.16 Å². The maximum atomic E-state index is 6.23. The molecule has 4 heteroatoms. The molecule has 0 radical (unpaired) electrons. The Hall–Kier alpha value is -1.00. The van der Waals surface area contributed by atoms with E-state index in [9.17, 15) is 0 Å². The summed E-state index contributed by atoms with van der Waals surface area (Å²) in [6.45, 7) is 11.6. The van der Waals surface area contributed by atoms with E-state index in [4.69, 9.17) is 14.9 Å². The van der Waals surface area contributed by atoms with Crippen molar-refractivity contribution in [2.45, 2.75) is 45.4 Å². The normalized spacial score (nSPS) is 12.4. The second kappa shape index (κ2) is 5.32. The molecule has 0 saturated carbocycles. The minimum Gasteiger partial charge on any atom is -0.543 e. The van der Waals surface area contributed by atoms with Crippen LogP contribution in [-0.4, -0.2) is 15.4 Å². The molecule has 0 unspecified atom stereocenters. The minimum absolute atomic E-state index is 0.187. The molecule has 0 aliphatic heterocycles. The molecule has 1 rings (SSSR count). The smallest absolute Gasteiger partial charge is 0.250 e. The molecule has 0 aliphatic rings. The number of rotatable bonds is 4. The van der Waals surface area contributed by atoms with Crippen LogP contribution in [0.4, 0.5) is 0 Å². The molecule has 0 spiro atoms. The van der Waals surface area contributed by atoms with Crippen molar-refractivity contribution in [3.05, 3.63) is 23.8 Å². The molecule has 0 atom stereocenters. The average Bonchev–Trinajstić information content (AvgIpc) is 2.26. The van der Waals surface area contributed by atoms with Gasteiger partial charge < -0.3 is 14.9 Å². The van der Waals surface area contributed by atoms with E-state index in [1.54, 1.807) is 7.11 Å². The Morgan fingerprint density at radius 1 is 1.22 bits per heavy atom. The van der Waals surface area contributed by atoms with Crippen molar-refractivity contribution in [1.82, 2.24) is 0 Å². The highest BCUT2D eigenvalue weighted by Crippen LogP contribution is 2.38. The number of benzene rings is 1. The first-order valence-electron chi connectivity index (χ1n) is 6.27. The highest BCUT2D eigenvalue weighted by Gasteiger charge is 2.39. The third-order valence-electron chi connectivity index (χ3n) is 3.66. The Kier molecular flexibility index (Phi) is 4.45. The van der Waals surface area contributed by atoms with Gasteiger partial charge >= 0.3 is 0 Å². The van der Waals surface area contributed by atoms with Gasteiger partial charge in [-0.1, -0.05) is 26.8 Å². The van der Waals surface area contributed by atoms with E-state index >= 15 is 0 Å². The van der Waals surface area contributed by atoms with Crippen LogP contribution in [0.5, 0.6) is 11.5 Å². The van der Waals surface area contributed by atoms with Gasteiger partial charge in [0, 0.05) is 18.2 Å².